The summed E-state index contributed by atoms with van der Waals surface area (Å²) in [7, 11) is 0. The van der Waals surface area contributed by atoms with Crippen molar-refractivity contribution in [2.24, 2.45) is 0 Å². The fraction of sp³-hybridized carbons (Fsp3) is 0.333. The van der Waals surface area contributed by atoms with Crippen LogP contribution >= 0.6 is 0 Å². The third-order valence-electron chi connectivity index (χ3n) is 0.642. The molecule has 0 aromatic rings. The molecule has 0 rings (SSSR count). The zero-order chi connectivity index (χ0) is 6.57. The van der Waals surface area contributed by atoms with E-state index in [0.717, 1.165) is 13.0 Å². The highest BCUT2D eigenvalue weighted by Crippen LogP contribution is 2.06. The van der Waals surface area contributed by atoms with Crippen LogP contribution < -0.4 is 0 Å². The third kappa shape index (κ3) is 2.50. The van der Waals surface area contributed by atoms with E-state index in [1.54, 1.807) is 6.92 Å². The Bertz CT molecular complexity index is 118. The van der Waals surface area contributed by atoms with Crippen molar-refractivity contribution < 1.29 is 8.78 Å². The van der Waals surface area contributed by atoms with E-state index in [4.69, 9.17) is 0 Å². The van der Waals surface area contributed by atoms with Gasteiger partial charge in [-0.25, -0.2) is 8.78 Å². The molecule has 8 heavy (non-hydrogen) atoms. The maximum Gasteiger partial charge on any atom is 0.153 e. The number of hydrogen-bond acceptors (Lipinski definition) is 0. The summed E-state index contributed by atoms with van der Waals surface area (Å²) in [6.45, 7) is 2.71. The molecular weight excluding hydrogens is 110 g/mol. The van der Waals surface area contributed by atoms with Crippen LogP contribution in [0, 0.1) is 0 Å². The van der Waals surface area contributed by atoms with E-state index in [-0.39, 0.29) is 0 Å². The molecule has 46 valence electrons. The molecule has 2 heteroatoms. The quantitative estimate of drug-likeness (QED) is 0.464. The molecule has 0 nitrogen and oxygen atoms in total. The zero-order valence-corrected chi connectivity index (χ0v) is 4.91. The fourth-order valence-corrected chi connectivity index (χ4v) is 0.261. The summed E-state index contributed by atoms with van der Waals surface area (Å²) in [5, 5.41) is 0. The van der Waals surface area contributed by atoms with E-state index >= 15 is 0 Å². The van der Waals surface area contributed by atoms with Crippen molar-refractivity contribution in [3.05, 3.63) is 23.8 Å². The highest BCUT2D eigenvalue weighted by Gasteiger charge is 1.91. The Morgan fingerprint density at radius 2 is 1.88 bits per heavy atom. The van der Waals surface area contributed by atoms with Gasteiger partial charge in [-0.3, -0.25) is 0 Å². The monoisotopic (exact) mass is 118 g/mol. The SMILES string of the molecule is CC=CC(F)=C(C)F. The van der Waals surface area contributed by atoms with Crippen molar-refractivity contribution in [3.8, 4) is 0 Å². The maximum atomic E-state index is 11.9. The summed E-state index contributed by atoms with van der Waals surface area (Å²) >= 11 is 0. The van der Waals surface area contributed by atoms with E-state index in [2.05, 4.69) is 0 Å². The first-order chi connectivity index (χ1) is 3.68. The second kappa shape index (κ2) is 3.36. The van der Waals surface area contributed by atoms with Crippen LogP contribution in [0.15, 0.2) is 23.8 Å². The first-order valence-electron chi connectivity index (χ1n) is 2.33. The van der Waals surface area contributed by atoms with Crippen molar-refractivity contribution in [1.29, 1.82) is 0 Å². The Kier molecular flexibility index (Phi) is 3.08. The minimum absolute atomic E-state index is 0.775. The first kappa shape index (κ1) is 7.34. The van der Waals surface area contributed by atoms with Gasteiger partial charge in [0.15, 0.2) is 5.83 Å². The molecular formula is C6H8F2. The molecule has 0 saturated carbocycles. The molecule has 0 radical (unpaired) electrons. The maximum absolute atomic E-state index is 11.9. The lowest BCUT2D eigenvalue weighted by Crippen LogP contribution is -1.66. The first-order valence-corrected chi connectivity index (χ1v) is 2.33. The fourth-order valence-electron chi connectivity index (χ4n) is 0.261. The highest BCUT2D eigenvalue weighted by molar-refractivity contribution is 5.12. The molecule has 0 saturated heterocycles. The topological polar surface area (TPSA) is 0 Å². The Morgan fingerprint density at radius 1 is 1.38 bits per heavy atom. The largest absolute Gasteiger partial charge is 0.209 e. The Balaban J connectivity index is 4.00. The Hall–Kier alpha value is -0.660. The number of rotatable bonds is 1. The van der Waals surface area contributed by atoms with E-state index in [1.165, 1.54) is 6.08 Å². The zero-order valence-electron chi connectivity index (χ0n) is 4.91. The van der Waals surface area contributed by atoms with Crippen LogP contribution in [-0.4, -0.2) is 0 Å². The average Bonchev–Trinajstić information content (AvgIpc) is 1.67. The molecule has 0 fully saturated rings. The second-order valence-electron chi connectivity index (χ2n) is 1.38. The minimum Gasteiger partial charge on any atom is -0.209 e. The van der Waals surface area contributed by atoms with Crippen molar-refractivity contribution in [1.82, 2.24) is 0 Å². The third-order valence-corrected chi connectivity index (χ3v) is 0.642. The summed E-state index contributed by atoms with van der Waals surface area (Å²) in [5.41, 5.74) is 0. The molecule has 0 heterocycles. The van der Waals surface area contributed by atoms with Gasteiger partial charge in [-0.05, 0) is 19.9 Å². The lowest BCUT2D eigenvalue weighted by atomic mass is 10.4. The van der Waals surface area contributed by atoms with Crippen molar-refractivity contribution in [3.63, 3.8) is 0 Å². The number of halogens is 2. The molecule has 0 bridgehead atoms. The summed E-state index contributed by atoms with van der Waals surface area (Å²) in [5.74, 6) is -1.57. The second-order valence-corrected chi connectivity index (χ2v) is 1.38. The predicted molar refractivity (Wildman–Crippen MR) is 29.7 cm³/mol. The van der Waals surface area contributed by atoms with E-state index in [1.807, 2.05) is 0 Å². The van der Waals surface area contributed by atoms with E-state index < -0.39 is 11.7 Å². The lowest BCUT2D eigenvalue weighted by Gasteiger charge is -1.82. The van der Waals surface area contributed by atoms with Crippen molar-refractivity contribution >= 4 is 0 Å². The van der Waals surface area contributed by atoms with E-state index in [0.29, 0.717) is 0 Å². The summed E-state index contributed by atoms with van der Waals surface area (Å²) < 4.78 is 23.7. The van der Waals surface area contributed by atoms with Crippen LogP contribution in [0.3, 0.4) is 0 Å². The highest BCUT2D eigenvalue weighted by atomic mass is 19.2. The van der Waals surface area contributed by atoms with Crippen LogP contribution in [-0.2, 0) is 0 Å². The molecule has 0 aliphatic heterocycles. The smallest absolute Gasteiger partial charge is 0.153 e. The van der Waals surface area contributed by atoms with E-state index in [9.17, 15) is 8.78 Å². The van der Waals surface area contributed by atoms with Crippen molar-refractivity contribution in [2.75, 3.05) is 0 Å². The lowest BCUT2D eigenvalue weighted by molar-refractivity contribution is 0.555. The van der Waals surface area contributed by atoms with Crippen LogP contribution in [0.2, 0.25) is 0 Å². The molecule has 0 aliphatic carbocycles. The Labute approximate surface area is 47.5 Å². The molecule has 0 spiro atoms. The van der Waals surface area contributed by atoms with Gasteiger partial charge in [0, 0.05) is 0 Å². The minimum atomic E-state index is -0.799. The molecule has 0 unspecified atom stereocenters. The molecule has 0 aromatic carbocycles. The van der Waals surface area contributed by atoms with Gasteiger partial charge in [0.1, 0.15) is 5.83 Å². The van der Waals surface area contributed by atoms with Gasteiger partial charge >= 0.3 is 0 Å². The van der Waals surface area contributed by atoms with Crippen molar-refractivity contribution in [2.45, 2.75) is 13.8 Å². The molecule has 0 N–H and O–H groups in total. The molecule has 0 atom stereocenters. The van der Waals surface area contributed by atoms with Gasteiger partial charge in [0.25, 0.3) is 0 Å². The molecule has 0 aliphatic rings. The summed E-state index contributed by atoms with van der Waals surface area (Å²) in [6, 6.07) is 0. The van der Waals surface area contributed by atoms with Gasteiger partial charge < -0.3 is 0 Å². The average molecular weight is 118 g/mol. The number of hydrogen-bond donors (Lipinski definition) is 0. The molecule has 0 amide bonds. The van der Waals surface area contributed by atoms with Crippen LogP contribution in [0.4, 0.5) is 8.78 Å². The molecule has 0 aromatic heterocycles. The normalized spacial score (nSPS) is 14.5. The summed E-state index contributed by atoms with van der Waals surface area (Å²) in [4.78, 5) is 0. The standard InChI is InChI=1S/C6H8F2/c1-3-4-6(8)5(2)7/h3-4H,1-2H3. The van der Waals surface area contributed by atoms with Crippen LogP contribution in [0.5, 0.6) is 0 Å². The van der Waals surface area contributed by atoms with Gasteiger partial charge in [0.05, 0.1) is 0 Å². The summed E-state index contributed by atoms with van der Waals surface area (Å²) in [6.07, 6.45) is 2.52. The Morgan fingerprint density at radius 3 is 2.00 bits per heavy atom. The van der Waals surface area contributed by atoms with Gasteiger partial charge in [-0.15, -0.1) is 0 Å². The van der Waals surface area contributed by atoms with Gasteiger partial charge in [0.2, 0.25) is 0 Å². The predicted octanol–water partition coefficient (Wildman–Crippen LogP) is 2.73. The number of allylic oxidation sites excluding steroid dienone is 4. The van der Waals surface area contributed by atoms with Gasteiger partial charge in [-0.2, -0.15) is 0 Å². The van der Waals surface area contributed by atoms with Crippen LogP contribution in [0.25, 0.3) is 0 Å². The van der Waals surface area contributed by atoms with Crippen LogP contribution in [0.1, 0.15) is 13.8 Å². The van der Waals surface area contributed by atoms with Gasteiger partial charge in [-0.1, -0.05) is 6.08 Å².